The molecule has 0 spiro atoms. The maximum absolute atomic E-state index is 3.45. The van der Waals surface area contributed by atoms with Gasteiger partial charge in [0.25, 0.3) is 0 Å². The van der Waals surface area contributed by atoms with Gasteiger partial charge in [-0.2, -0.15) is 0 Å². The average molecular weight is 202 g/mol. The van der Waals surface area contributed by atoms with Crippen molar-refractivity contribution >= 4 is 0 Å². The second-order valence-electron chi connectivity index (χ2n) is 3.96. The molecule has 2 heteroatoms. The van der Waals surface area contributed by atoms with Gasteiger partial charge in [-0.15, -0.1) is 0 Å². The van der Waals surface area contributed by atoms with Gasteiger partial charge in [0.05, 0.1) is 0 Å². The standard InChI is InChI=1S/C13H18N2/c1-15(13-8-4-5-9-13)11-10-14-12-6-2-3-7-12/h2-6,8,14H,7,9-11H2,1H3. The molecule has 2 aliphatic rings. The summed E-state index contributed by atoms with van der Waals surface area (Å²) in [4.78, 5) is 2.32. The van der Waals surface area contributed by atoms with Crippen LogP contribution < -0.4 is 5.32 Å². The van der Waals surface area contributed by atoms with Crippen LogP contribution in [0.5, 0.6) is 0 Å². The molecule has 2 nitrogen and oxygen atoms in total. The van der Waals surface area contributed by atoms with E-state index in [9.17, 15) is 0 Å². The number of hydrogen-bond acceptors (Lipinski definition) is 2. The van der Waals surface area contributed by atoms with Gasteiger partial charge in [0.1, 0.15) is 0 Å². The predicted octanol–water partition coefficient (Wildman–Crippen LogP) is 2.20. The highest BCUT2D eigenvalue weighted by Crippen LogP contribution is 2.13. The van der Waals surface area contributed by atoms with Crippen molar-refractivity contribution in [1.29, 1.82) is 0 Å². The first-order valence-corrected chi connectivity index (χ1v) is 5.52. The van der Waals surface area contributed by atoms with Crippen molar-refractivity contribution in [2.45, 2.75) is 12.8 Å². The average Bonchev–Trinajstić information content (AvgIpc) is 2.90. The molecular formula is C13H18N2. The number of likely N-dealkylation sites (N-methyl/N-ethyl adjacent to an activating group) is 1. The molecule has 2 rings (SSSR count). The van der Waals surface area contributed by atoms with Gasteiger partial charge in [0.15, 0.2) is 0 Å². The molecule has 0 radical (unpaired) electrons. The summed E-state index contributed by atoms with van der Waals surface area (Å²) in [6.07, 6.45) is 15.1. The topological polar surface area (TPSA) is 15.3 Å². The molecule has 0 unspecified atom stereocenters. The Morgan fingerprint density at radius 3 is 2.67 bits per heavy atom. The number of allylic oxidation sites excluding steroid dienone is 6. The fourth-order valence-electron chi connectivity index (χ4n) is 1.83. The Morgan fingerprint density at radius 2 is 2.00 bits per heavy atom. The number of nitrogens with zero attached hydrogens (tertiary/aromatic N) is 1. The summed E-state index contributed by atoms with van der Waals surface area (Å²) in [6.45, 7) is 2.08. The molecule has 0 aromatic carbocycles. The highest BCUT2D eigenvalue weighted by atomic mass is 15.1. The Morgan fingerprint density at radius 1 is 1.20 bits per heavy atom. The van der Waals surface area contributed by atoms with Gasteiger partial charge < -0.3 is 10.2 Å². The first-order chi connectivity index (χ1) is 7.36. The molecule has 0 amide bonds. The lowest BCUT2D eigenvalue weighted by atomic mass is 10.3. The number of hydrogen-bond donors (Lipinski definition) is 1. The van der Waals surface area contributed by atoms with Crippen LogP contribution in [-0.2, 0) is 0 Å². The molecule has 0 aromatic heterocycles. The largest absolute Gasteiger partial charge is 0.386 e. The minimum atomic E-state index is 1.02. The van der Waals surface area contributed by atoms with Gasteiger partial charge in [0.2, 0.25) is 0 Å². The maximum atomic E-state index is 3.45. The third-order valence-electron chi connectivity index (χ3n) is 2.81. The highest BCUT2D eigenvalue weighted by Gasteiger charge is 2.05. The molecule has 15 heavy (non-hydrogen) atoms. The Hall–Kier alpha value is -1.44. The second kappa shape index (κ2) is 4.87. The monoisotopic (exact) mass is 202 g/mol. The Bertz CT molecular complexity index is 334. The minimum Gasteiger partial charge on any atom is -0.386 e. The summed E-state index contributed by atoms with van der Waals surface area (Å²) in [5, 5.41) is 3.45. The summed E-state index contributed by atoms with van der Waals surface area (Å²) in [6, 6.07) is 0. The van der Waals surface area contributed by atoms with E-state index in [1.807, 2.05) is 0 Å². The molecule has 0 saturated heterocycles. The summed E-state index contributed by atoms with van der Waals surface area (Å²) >= 11 is 0. The van der Waals surface area contributed by atoms with E-state index in [1.165, 1.54) is 11.4 Å². The summed E-state index contributed by atoms with van der Waals surface area (Å²) in [5.41, 5.74) is 2.75. The quantitative estimate of drug-likeness (QED) is 0.735. The fourth-order valence-corrected chi connectivity index (χ4v) is 1.83. The zero-order chi connectivity index (χ0) is 10.5. The minimum absolute atomic E-state index is 1.02. The van der Waals surface area contributed by atoms with E-state index in [1.54, 1.807) is 0 Å². The van der Waals surface area contributed by atoms with E-state index in [-0.39, 0.29) is 0 Å². The van der Waals surface area contributed by atoms with Gasteiger partial charge in [0, 0.05) is 44.4 Å². The molecule has 2 aliphatic carbocycles. The SMILES string of the molecule is CN(CCNC1=CC=CC1)C1=CC=CC1. The van der Waals surface area contributed by atoms with Crippen LogP contribution >= 0.6 is 0 Å². The smallest absolute Gasteiger partial charge is 0.0345 e. The lowest BCUT2D eigenvalue weighted by Gasteiger charge is -2.21. The summed E-state index contributed by atoms with van der Waals surface area (Å²) < 4.78 is 0. The van der Waals surface area contributed by atoms with Crippen molar-refractivity contribution in [3.63, 3.8) is 0 Å². The molecule has 80 valence electrons. The van der Waals surface area contributed by atoms with E-state index in [4.69, 9.17) is 0 Å². The molecular weight excluding hydrogens is 184 g/mol. The van der Waals surface area contributed by atoms with E-state index in [2.05, 4.69) is 53.7 Å². The first-order valence-electron chi connectivity index (χ1n) is 5.52. The van der Waals surface area contributed by atoms with Crippen molar-refractivity contribution in [1.82, 2.24) is 10.2 Å². The van der Waals surface area contributed by atoms with Crippen LogP contribution in [0.3, 0.4) is 0 Å². The zero-order valence-electron chi connectivity index (χ0n) is 9.24. The van der Waals surface area contributed by atoms with Crippen LogP contribution in [0.15, 0.2) is 47.9 Å². The van der Waals surface area contributed by atoms with Gasteiger partial charge in [-0.05, 0) is 12.2 Å². The lowest BCUT2D eigenvalue weighted by molar-refractivity contribution is 0.410. The van der Waals surface area contributed by atoms with Crippen LogP contribution in [0.1, 0.15) is 12.8 Å². The number of nitrogens with one attached hydrogen (secondary N) is 1. The third-order valence-corrected chi connectivity index (χ3v) is 2.81. The van der Waals surface area contributed by atoms with Gasteiger partial charge in [-0.3, -0.25) is 0 Å². The molecule has 0 aromatic rings. The maximum Gasteiger partial charge on any atom is 0.0345 e. The van der Waals surface area contributed by atoms with E-state index >= 15 is 0 Å². The van der Waals surface area contributed by atoms with Crippen molar-refractivity contribution in [3.05, 3.63) is 47.9 Å². The van der Waals surface area contributed by atoms with E-state index < -0.39 is 0 Å². The number of rotatable bonds is 5. The van der Waals surface area contributed by atoms with Crippen LogP contribution in [-0.4, -0.2) is 25.0 Å². The second-order valence-corrected chi connectivity index (χ2v) is 3.96. The lowest BCUT2D eigenvalue weighted by Crippen LogP contribution is -2.27. The van der Waals surface area contributed by atoms with Gasteiger partial charge >= 0.3 is 0 Å². The van der Waals surface area contributed by atoms with Crippen LogP contribution in [0.4, 0.5) is 0 Å². The Labute approximate surface area is 91.7 Å². The molecule has 0 heterocycles. The highest BCUT2D eigenvalue weighted by molar-refractivity contribution is 5.22. The molecule has 1 N–H and O–H groups in total. The van der Waals surface area contributed by atoms with E-state index in [0.29, 0.717) is 0 Å². The van der Waals surface area contributed by atoms with Crippen LogP contribution in [0, 0.1) is 0 Å². The van der Waals surface area contributed by atoms with Crippen LogP contribution in [0.25, 0.3) is 0 Å². The van der Waals surface area contributed by atoms with E-state index in [0.717, 1.165) is 25.9 Å². The molecule has 0 bridgehead atoms. The van der Waals surface area contributed by atoms with Gasteiger partial charge in [-0.25, -0.2) is 0 Å². The third kappa shape index (κ3) is 2.75. The van der Waals surface area contributed by atoms with Crippen molar-refractivity contribution in [2.75, 3.05) is 20.1 Å². The Balaban J connectivity index is 1.65. The molecule has 0 atom stereocenters. The van der Waals surface area contributed by atoms with Crippen molar-refractivity contribution in [3.8, 4) is 0 Å². The zero-order valence-corrected chi connectivity index (χ0v) is 9.24. The normalized spacial score (nSPS) is 17.9. The summed E-state index contributed by atoms with van der Waals surface area (Å²) in [7, 11) is 2.15. The first kappa shape index (κ1) is 10.1. The molecule has 0 fully saturated rings. The predicted molar refractivity (Wildman–Crippen MR) is 64.3 cm³/mol. The summed E-state index contributed by atoms with van der Waals surface area (Å²) in [5.74, 6) is 0. The van der Waals surface area contributed by atoms with Crippen LogP contribution in [0.2, 0.25) is 0 Å². The van der Waals surface area contributed by atoms with Crippen molar-refractivity contribution < 1.29 is 0 Å². The molecule has 0 aliphatic heterocycles. The Kier molecular flexibility index (Phi) is 3.28. The van der Waals surface area contributed by atoms with Crippen molar-refractivity contribution in [2.24, 2.45) is 0 Å². The van der Waals surface area contributed by atoms with Gasteiger partial charge in [-0.1, -0.05) is 24.3 Å². The molecule has 0 saturated carbocycles. The fraction of sp³-hybridized carbons (Fsp3) is 0.385.